The van der Waals surface area contributed by atoms with Crippen LogP contribution in [0.4, 0.5) is 35.1 Å². The van der Waals surface area contributed by atoms with Gasteiger partial charge >= 0.3 is 12.3 Å². The molecule has 0 spiro atoms. The summed E-state index contributed by atoms with van der Waals surface area (Å²) in [7, 11) is 0. The van der Waals surface area contributed by atoms with Crippen LogP contribution in [0.5, 0.6) is 11.5 Å². The number of rotatable bonds is 8. The van der Waals surface area contributed by atoms with Gasteiger partial charge in [0.2, 0.25) is 0 Å². The molecule has 12 heteroatoms. The van der Waals surface area contributed by atoms with E-state index >= 15 is 0 Å². The van der Waals surface area contributed by atoms with Crippen LogP contribution >= 0.6 is 0 Å². The Morgan fingerprint density at radius 1 is 0.943 bits per heavy atom. The van der Waals surface area contributed by atoms with Gasteiger partial charge in [0.25, 0.3) is 6.29 Å². The molecule has 0 aliphatic carbocycles. The maximum Gasteiger partial charge on any atom is 0.451 e. The minimum atomic E-state index is -4.76. The number of hydrogen-bond donors (Lipinski definition) is 0. The molecule has 0 saturated carbocycles. The van der Waals surface area contributed by atoms with Gasteiger partial charge in [-0.1, -0.05) is 13.3 Å². The Balaban J connectivity index is 1.73. The molecule has 0 N–H and O–H groups in total. The Labute approximate surface area is 195 Å². The second kappa shape index (κ2) is 10.8. The van der Waals surface area contributed by atoms with Crippen LogP contribution in [0.1, 0.15) is 19.8 Å². The molecule has 0 amide bonds. The van der Waals surface area contributed by atoms with E-state index in [-0.39, 0.29) is 42.6 Å². The molecule has 0 bridgehead atoms. The van der Waals surface area contributed by atoms with Crippen LogP contribution in [0.25, 0.3) is 11.1 Å². The lowest BCUT2D eigenvalue weighted by Crippen LogP contribution is -2.47. The SMILES string of the molecule is CCCC1COC(C(F)(F)Oc2ccc(-c3cc(F)c(O/C=C/C(F)(F)F)c(F)c3)c(F)c2)OC1. The van der Waals surface area contributed by atoms with E-state index in [0.29, 0.717) is 18.2 Å². The van der Waals surface area contributed by atoms with Crippen LogP contribution in [0.3, 0.4) is 0 Å². The number of allylic oxidation sites excluding steroid dienone is 1. The summed E-state index contributed by atoms with van der Waals surface area (Å²) < 4.78 is 127. The molecule has 1 heterocycles. The van der Waals surface area contributed by atoms with Gasteiger partial charge in [0, 0.05) is 17.5 Å². The van der Waals surface area contributed by atoms with Gasteiger partial charge in [0.1, 0.15) is 11.6 Å². The van der Waals surface area contributed by atoms with Crippen molar-refractivity contribution < 1.29 is 54.1 Å². The van der Waals surface area contributed by atoms with Crippen LogP contribution in [-0.4, -0.2) is 31.8 Å². The van der Waals surface area contributed by atoms with Gasteiger partial charge in [-0.15, -0.1) is 0 Å². The van der Waals surface area contributed by atoms with E-state index in [1.807, 2.05) is 6.92 Å². The Morgan fingerprint density at radius 2 is 1.57 bits per heavy atom. The van der Waals surface area contributed by atoms with Crippen molar-refractivity contribution in [2.75, 3.05) is 13.2 Å². The fourth-order valence-corrected chi connectivity index (χ4v) is 3.32. The Kier molecular flexibility index (Phi) is 8.26. The molecule has 4 nitrogen and oxygen atoms in total. The fraction of sp³-hybridized carbons (Fsp3) is 0.391. The Bertz CT molecular complexity index is 1020. The number of alkyl halides is 5. The van der Waals surface area contributed by atoms with Gasteiger partial charge in [-0.25, -0.2) is 13.2 Å². The van der Waals surface area contributed by atoms with E-state index in [2.05, 4.69) is 9.47 Å². The average Bonchev–Trinajstić information content (AvgIpc) is 2.75. The second-order valence-electron chi connectivity index (χ2n) is 7.69. The molecule has 0 aromatic heterocycles. The van der Waals surface area contributed by atoms with E-state index < -0.39 is 47.5 Å². The predicted octanol–water partition coefficient (Wildman–Crippen LogP) is 6.99. The van der Waals surface area contributed by atoms with E-state index in [4.69, 9.17) is 9.47 Å². The number of benzene rings is 2. The van der Waals surface area contributed by atoms with Crippen LogP contribution < -0.4 is 9.47 Å². The zero-order chi connectivity index (χ0) is 25.8. The minimum Gasteiger partial charge on any atom is -0.459 e. The first kappa shape index (κ1) is 26.7. The van der Waals surface area contributed by atoms with Gasteiger partial charge in [-0.3, -0.25) is 0 Å². The second-order valence-corrected chi connectivity index (χ2v) is 7.69. The summed E-state index contributed by atoms with van der Waals surface area (Å²) >= 11 is 0. The molecule has 35 heavy (non-hydrogen) atoms. The molecular formula is C23H20F8O4. The third-order valence-electron chi connectivity index (χ3n) is 4.88. The average molecular weight is 512 g/mol. The van der Waals surface area contributed by atoms with Crippen molar-refractivity contribution in [1.29, 1.82) is 0 Å². The van der Waals surface area contributed by atoms with Gasteiger partial charge in [-0.05, 0) is 36.2 Å². The highest BCUT2D eigenvalue weighted by atomic mass is 19.4. The molecule has 192 valence electrons. The summed E-state index contributed by atoms with van der Waals surface area (Å²) in [5, 5.41) is 0. The summed E-state index contributed by atoms with van der Waals surface area (Å²) in [6, 6.07) is 3.70. The van der Waals surface area contributed by atoms with Gasteiger partial charge < -0.3 is 18.9 Å². The van der Waals surface area contributed by atoms with Crippen molar-refractivity contribution in [3.63, 3.8) is 0 Å². The van der Waals surface area contributed by atoms with Gasteiger partial charge in [-0.2, -0.15) is 22.0 Å². The van der Waals surface area contributed by atoms with Crippen LogP contribution in [0.2, 0.25) is 0 Å². The molecule has 1 saturated heterocycles. The lowest BCUT2D eigenvalue weighted by molar-refractivity contribution is -0.352. The lowest BCUT2D eigenvalue weighted by atomic mass is 10.0. The van der Waals surface area contributed by atoms with Crippen LogP contribution in [0.15, 0.2) is 42.7 Å². The summed E-state index contributed by atoms with van der Waals surface area (Å²) in [4.78, 5) is 0. The minimum absolute atomic E-state index is 0.0259. The Hall–Kier alpha value is -2.86. The summed E-state index contributed by atoms with van der Waals surface area (Å²) in [6.07, 6.45) is -9.46. The van der Waals surface area contributed by atoms with E-state index in [0.717, 1.165) is 25.0 Å². The molecule has 3 rings (SSSR count). The van der Waals surface area contributed by atoms with Gasteiger partial charge in [0.15, 0.2) is 17.4 Å². The first-order valence-electron chi connectivity index (χ1n) is 10.4. The van der Waals surface area contributed by atoms with Crippen molar-refractivity contribution >= 4 is 0 Å². The normalized spacial score (nSPS) is 19.2. The third kappa shape index (κ3) is 7.07. The highest BCUT2D eigenvalue weighted by Crippen LogP contribution is 2.35. The van der Waals surface area contributed by atoms with Crippen molar-refractivity contribution in [2.24, 2.45) is 5.92 Å². The fourth-order valence-electron chi connectivity index (χ4n) is 3.32. The third-order valence-corrected chi connectivity index (χ3v) is 4.88. The monoisotopic (exact) mass is 512 g/mol. The maximum absolute atomic E-state index is 14.6. The number of halogens is 8. The molecular weight excluding hydrogens is 492 g/mol. The summed E-state index contributed by atoms with van der Waals surface area (Å²) in [5.41, 5.74) is -0.743. The van der Waals surface area contributed by atoms with Crippen molar-refractivity contribution in [3.05, 3.63) is 60.1 Å². The maximum atomic E-state index is 14.6. The van der Waals surface area contributed by atoms with Crippen LogP contribution in [0, 0.1) is 23.4 Å². The lowest BCUT2D eigenvalue weighted by Gasteiger charge is -2.33. The van der Waals surface area contributed by atoms with Gasteiger partial charge in [0.05, 0.1) is 25.6 Å². The van der Waals surface area contributed by atoms with Crippen molar-refractivity contribution in [3.8, 4) is 22.6 Å². The molecule has 1 aliphatic rings. The van der Waals surface area contributed by atoms with Crippen LogP contribution in [-0.2, 0) is 9.47 Å². The molecule has 1 aliphatic heterocycles. The first-order chi connectivity index (χ1) is 16.4. The standard InChI is InChI=1S/C23H20F8O4/c1-2-3-13-11-33-21(34-12-13)23(30,31)35-15-4-5-16(17(24)10-15)14-8-18(25)20(19(26)9-14)32-7-6-22(27,28)29/h4-10,13,21H,2-3,11-12H2,1H3/b7-6+. The van der Waals surface area contributed by atoms with Crippen molar-refractivity contribution in [1.82, 2.24) is 0 Å². The van der Waals surface area contributed by atoms with E-state index in [1.165, 1.54) is 0 Å². The Morgan fingerprint density at radius 3 is 2.11 bits per heavy atom. The molecule has 0 atom stereocenters. The quantitative estimate of drug-likeness (QED) is 0.282. The number of hydrogen-bond acceptors (Lipinski definition) is 4. The zero-order valence-electron chi connectivity index (χ0n) is 18.2. The summed E-state index contributed by atoms with van der Waals surface area (Å²) in [5.74, 6) is -5.74. The molecule has 2 aromatic rings. The van der Waals surface area contributed by atoms with E-state index in [1.54, 1.807) is 0 Å². The first-order valence-corrected chi connectivity index (χ1v) is 10.4. The van der Waals surface area contributed by atoms with Crippen molar-refractivity contribution in [2.45, 2.75) is 38.3 Å². The summed E-state index contributed by atoms with van der Waals surface area (Å²) in [6.45, 7) is 2.03. The highest BCUT2D eigenvalue weighted by molar-refractivity contribution is 5.66. The largest absolute Gasteiger partial charge is 0.459 e. The highest BCUT2D eigenvalue weighted by Gasteiger charge is 2.47. The molecule has 2 aromatic carbocycles. The van der Waals surface area contributed by atoms with E-state index in [9.17, 15) is 35.1 Å². The number of ether oxygens (including phenoxy) is 4. The smallest absolute Gasteiger partial charge is 0.451 e. The molecule has 0 radical (unpaired) electrons. The predicted molar refractivity (Wildman–Crippen MR) is 107 cm³/mol. The molecule has 1 fully saturated rings. The topological polar surface area (TPSA) is 36.9 Å². The molecule has 0 unspecified atom stereocenters. The zero-order valence-corrected chi connectivity index (χ0v) is 18.2.